The van der Waals surface area contributed by atoms with Crippen LogP contribution in [0.25, 0.3) is 0 Å². The van der Waals surface area contributed by atoms with Gasteiger partial charge in [-0.1, -0.05) is 59.6 Å². The Morgan fingerprint density at radius 3 is 1.90 bits per heavy atom. The summed E-state index contributed by atoms with van der Waals surface area (Å²) < 4.78 is 99.7. The summed E-state index contributed by atoms with van der Waals surface area (Å²) in [7, 11) is -4.26. The van der Waals surface area contributed by atoms with Crippen LogP contribution in [0.2, 0.25) is 0 Å². The largest absolute Gasteiger partial charge is 1.00 e. The zero-order valence-corrected chi connectivity index (χ0v) is 51.2. The Hall–Kier alpha value is -0.720. The Kier molecular flexibility index (Phi) is 20.1. The number of aliphatic hydroxyl groups excluding tert-OH is 10. The standard InChI is InChI=1S/C54H88O26S.Na/c1-23(2)11-10-15-52(8)53(66)18-17-51(7)25-12-13-30-49(4,5)32(14-16-50(30,6)26(25)19-31(57)54(51,53)48(65)79-52)75-47-43(35(60)29(22-71-47)80-81(67,68)69)78-44-37(62)36(61)40(24(3)72-44)76-46-39(64)42(34(59)28(21-56)74-46)77-45-38(63)41(70-9)33(58)27(20-55)73-45;/h19,23-25,27-47,55-64,66H,10-18,20-22H2,1-9H3,(H,67,68,69);/q;+1/p-1/t24-,25-,27-,28-,29-,30+,31+,32+,33-,34-,35+,36-,37-,38-,39-,40-,41+,42+,43-,44+,45+,46+,47+,50-,51+,52+,53+,54?;/m1./s1. The van der Waals surface area contributed by atoms with Gasteiger partial charge in [0.05, 0.1) is 38.1 Å². The van der Waals surface area contributed by atoms with E-state index < -0.39 is 198 Å². The Labute approximate surface area is 500 Å². The molecule has 0 aromatic heterocycles. The Morgan fingerprint density at radius 2 is 1.30 bits per heavy atom. The van der Waals surface area contributed by atoms with E-state index in [0.717, 1.165) is 18.4 Å². The maximum absolute atomic E-state index is 14.5. The number of carbonyl (C=O) groups excluding carboxylic acids is 1. The average Bonchev–Trinajstić information content (AvgIpc) is 1.59. The number of methoxy groups -OCH3 is 1. The molecule has 11 N–H and O–H groups in total. The van der Waals surface area contributed by atoms with Gasteiger partial charge in [0, 0.05) is 7.11 Å². The quantitative estimate of drug-likeness (QED) is 0.0163. The number of esters is 1. The first-order valence-corrected chi connectivity index (χ1v) is 29.8. The number of hydrogen-bond donors (Lipinski definition) is 11. The third-order valence-electron chi connectivity index (χ3n) is 20.8. The SMILES string of the molecule is CO[C@@H]1[C@@H](O)[C@H](O[C@@H]2[C@@H](O)[C@H](O[C@H]3[C@H](O)[C@@H](O)[C@H](O[C@H]4[C@H](O[C@H]5CC[C@]6(C)C7=C[C@H](O)C89C(=O)O[C@@](C)(CCCC(C)C)[C@@]8(O)CC[C@@]9(C)[C@@H]7CC[C@H]6C5(C)C)OC[C@@H](OS(=O)(=O)[O-])[C@@H]4O)O[C@@H]3C)O[C@H](CO)[C@H]2O)O[C@H](CO)[C@H]1O.[Na+]. The van der Waals surface area contributed by atoms with Crippen molar-refractivity contribution in [2.75, 3.05) is 26.9 Å². The van der Waals surface area contributed by atoms with E-state index in [1.807, 2.05) is 33.8 Å². The van der Waals surface area contributed by atoms with Gasteiger partial charge >= 0.3 is 35.5 Å². The predicted molar refractivity (Wildman–Crippen MR) is 272 cm³/mol. The summed E-state index contributed by atoms with van der Waals surface area (Å²) in [5, 5.41) is 124. The van der Waals surface area contributed by atoms with Crippen LogP contribution in [-0.2, 0) is 66.7 Å². The van der Waals surface area contributed by atoms with Crippen LogP contribution in [0.3, 0.4) is 0 Å². The van der Waals surface area contributed by atoms with E-state index in [4.69, 9.17) is 47.4 Å². The van der Waals surface area contributed by atoms with Gasteiger partial charge in [0.15, 0.2) is 25.2 Å². The van der Waals surface area contributed by atoms with Crippen LogP contribution in [0.1, 0.15) is 113 Å². The van der Waals surface area contributed by atoms with Gasteiger partial charge in [0.2, 0.25) is 10.4 Å². The number of rotatable bonds is 17. The molecule has 0 amide bonds. The first-order valence-electron chi connectivity index (χ1n) is 28.5. The Balaban J connectivity index is 0.00000880. The van der Waals surface area contributed by atoms with Crippen molar-refractivity contribution >= 4 is 16.4 Å². The molecule has 5 saturated heterocycles. The molecule has 1 unspecified atom stereocenters. The van der Waals surface area contributed by atoms with E-state index in [1.54, 1.807) is 0 Å². The molecule has 0 radical (unpaired) electrons. The van der Waals surface area contributed by atoms with Crippen molar-refractivity contribution in [2.24, 2.45) is 39.4 Å². The molecule has 0 aromatic rings. The molecule has 5 heterocycles. The van der Waals surface area contributed by atoms with Crippen molar-refractivity contribution in [3.8, 4) is 0 Å². The Bertz CT molecular complexity index is 2390. The van der Waals surface area contributed by atoms with E-state index in [-0.39, 0.29) is 47.8 Å². The molecule has 28 heteroatoms. The summed E-state index contributed by atoms with van der Waals surface area (Å²) in [6.07, 6.45) is -27.6. The van der Waals surface area contributed by atoms with Gasteiger partial charge in [-0.15, -0.1) is 0 Å². The molecule has 0 aromatic carbocycles. The normalized spacial score (nSPS) is 51.0. The van der Waals surface area contributed by atoms with Gasteiger partial charge in [0.25, 0.3) is 0 Å². The molecule has 28 atom stereocenters. The van der Waals surface area contributed by atoms with Crippen molar-refractivity contribution < 1.29 is 155 Å². The Morgan fingerprint density at radius 1 is 0.720 bits per heavy atom. The van der Waals surface area contributed by atoms with Crippen LogP contribution in [-0.4, -0.2) is 242 Å². The molecule has 5 aliphatic heterocycles. The minimum Gasteiger partial charge on any atom is -0.726 e. The predicted octanol–water partition coefficient (Wildman–Crippen LogP) is -4.73. The second-order valence-electron chi connectivity index (χ2n) is 26.0. The summed E-state index contributed by atoms with van der Waals surface area (Å²) in [5.41, 5.74) is -5.47. The number of ether oxygens (including phenoxy) is 10. The molecule has 9 aliphatic rings. The monoisotopic (exact) mass is 1210 g/mol. The van der Waals surface area contributed by atoms with Crippen molar-refractivity contribution in [2.45, 2.75) is 253 Å². The van der Waals surface area contributed by atoms with Crippen molar-refractivity contribution in [3.05, 3.63) is 11.6 Å². The summed E-state index contributed by atoms with van der Waals surface area (Å²) in [5.74, 6) is -0.449. The van der Waals surface area contributed by atoms with Crippen LogP contribution in [0.4, 0.5) is 0 Å². The third kappa shape index (κ3) is 11.0. The smallest absolute Gasteiger partial charge is 0.726 e. The summed E-state index contributed by atoms with van der Waals surface area (Å²) in [6, 6.07) is 0. The fraction of sp³-hybridized carbons (Fsp3) is 0.944. The molecule has 8 fully saturated rings. The first-order chi connectivity index (χ1) is 37.8. The van der Waals surface area contributed by atoms with Crippen molar-refractivity contribution in [1.82, 2.24) is 0 Å². The van der Waals surface area contributed by atoms with E-state index in [0.29, 0.717) is 44.4 Å². The van der Waals surface area contributed by atoms with Gasteiger partial charge < -0.3 is 108 Å². The van der Waals surface area contributed by atoms with Gasteiger partial charge in [0.1, 0.15) is 102 Å². The van der Waals surface area contributed by atoms with Gasteiger partial charge in [-0.25, -0.2) is 8.42 Å². The topological polar surface area (TPSA) is 398 Å². The number of aliphatic hydroxyl groups is 11. The van der Waals surface area contributed by atoms with E-state index in [1.165, 1.54) is 14.0 Å². The minimum absolute atomic E-state index is 0. The van der Waals surface area contributed by atoms with Gasteiger partial charge in [-0.3, -0.25) is 8.98 Å². The number of allylic oxidation sites excluding steroid dienone is 1. The third-order valence-corrected chi connectivity index (χ3v) is 21.3. The molecular formula is C54H87NaO26S. The average molecular weight is 1210 g/mol. The van der Waals surface area contributed by atoms with E-state index in [9.17, 15) is 73.9 Å². The minimum atomic E-state index is -5.44. The van der Waals surface area contributed by atoms with Crippen LogP contribution in [0.15, 0.2) is 11.6 Å². The summed E-state index contributed by atoms with van der Waals surface area (Å²) in [6.45, 7) is 13.4. The van der Waals surface area contributed by atoms with Crippen molar-refractivity contribution in [3.63, 3.8) is 0 Å². The molecule has 82 heavy (non-hydrogen) atoms. The van der Waals surface area contributed by atoms with Gasteiger partial charge in [-0.2, -0.15) is 0 Å². The number of hydrogen-bond acceptors (Lipinski definition) is 26. The van der Waals surface area contributed by atoms with Crippen LogP contribution < -0.4 is 29.6 Å². The number of carbonyl (C=O) groups is 1. The van der Waals surface area contributed by atoms with E-state index >= 15 is 0 Å². The molecule has 4 aliphatic carbocycles. The number of cyclic esters (lactones) is 1. The molecule has 26 nitrogen and oxygen atoms in total. The second-order valence-corrected chi connectivity index (χ2v) is 27.0. The molecule has 1 spiro atoms. The number of fused-ring (bicyclic) bond motifs is 4. The molecule has 0 bridgehead atoms. The molecular weight excluding hydrogens is 1120 g/mol. The summed E-state index contributed by atoms with van der Waals surface area (Å²) in [4.78, 5) is 14.5. The first kappa shape index (κ1) is 67.2. The second kappa shape index (κ2) is 24.6. The fourth-order valence-electron chi connectivity index (χ4n) is 16.4. The van der Waals surface area contributed by atoms with Gasteiger partial charge in [-0.05, 0) is 99.2 Å². The maximum Gasteiger partial charge on any atom is 1.00 e. The molecule has 9 rings (SSSR count). The van der Waals surface area contributed by atoms with Crippen LogP contribution in [0, 0.1) is 39.4 Å². The summed E-state index contributed by atoms with van der Waals surface area (Å²) >= 11 is 0. The fourth-order valence-corrected chi connectivity index (χ4v) is 16.9. The zero-order chi connectivity index (χ0) is 59.5. The maximum atomic E-state index is 14.5. The van der Waals surface area contributed by atoms with Crippen LogP contribution >= 0.6 is 0 Å². The molecule has 466 valence electrons. The van der Waals surface area contributed by atoms with Crippen molar-refractivity contribution in [1.29, 1.82) is 0 Å². The van der Waals surface area contributed by atoms with E-state index in [2.05, 4.69) is 25.0 Å². The van der Waals surface area contributed by atoms with Crippen LogP contribution in [0.5, 0.6) is 0 Å². The zero-order valence-electron chi connectivity index (χ0n) is 48.4. The molecule has 3 saturated carbocycles.